The molecule has 0 aliphatic carbocycles. The molecule has 4 heteroatoms. The van der Waals surface area contributed by atoms with Crippen LogP contribution in [0.5, 0.6) is 5.75 Å². The van der Waals surface area contributed by atoms with Gasteiger partial charge in [0.15, 0.2) is 0 Å². The van der Waals surface area contributed by atoms with Crippen LogP contribution in [0, 0.1) is 5.82 Å². The van der Waals surface area contributed by atoms with Gasteiger partial charge in [0.05, 0.1) is 10.7 Å². The van der Waals surface area contributed by atoms with E-state index in [1.807, 2.05) is 12.1 Å². The van der Waals surface area contributed by atoms with Crippen molar-refractivity contribution in [2.24, 2.45) is 0 Å². The van der Waals surface area contributed by atoms with Gasteiger partial charge in [0.1, 0.15) is 18.2 Å². The quantitative estimate of drug-likeness (QED) is 0.904. The Balaban J connectivity index is 1.82. The molecular formula is C16H15ClFNO. The highest BCUT2D eigenvalue weighted by molar-refractivity contribution is 6.31. The third kappa shape index (κ3) is 2.59. The van der Waals surface area contributed by atoms with Crippen LogP contribution in [0.25, 0.3) is 0 Å². The molecule has 104 valence electrons. The zero-order chi connectivity index (χ0) is 13.9. The summed E-state index contributed by atoms with van der Waals surface area (Å²) in [5.74, 6) is 0.414. The summed E-state index contributed by atoms with van der Waals surface area (Å²) in [6.45, 7) is 1.07. The van der Waals surface area contributed by atoms with E-state index in [0.717, 1.165) is 30.8 Å². The summed E-state index contributed by atoms with van der Waals surface area (Å²) in [4.78, 5) is 0. The van der Waals surface area contributed by atoms with Gasteiger partial charge in [-0.25, -0.2) is 4.39 Å². The zero-order valence-electron chi connectivity index (χ0n) is 11.0. The van der Waals surface area contributed by atoms with Crippen LogP contribution in [0.1, 0.15) is 17.5 Å². The number of fused-ring (bicyclic) bond motifs is 1. The number of anilines is 1. The molecule has 0 saturated carbocycles. The smallest absolute Gasteiger partial charge is 0.143 e. The van der Waals surface area contributed by atoms with Crippen LogP contribution >= 0.6 is 11.6 Å². The molecule has 0 fully saturated rings. The monoisotopic (exact) mass is 291 g/mol. The SMILES string of the molecule is Fc1cccc(Cl)c1COc1cccc2c1NCCC2. The van der Waals surface area contributed by atoms with Crippen molar-refractivity contribution in [3.05, 3.63) is 58.4 Å². The lowest BCUT2D eigenvalue weighted by Crippen LogP contribution is -2.13. The molecule has 2 aromatic rings. The van der Waals surface area contributed by atoms with Gasteiger partial charge in [0.25, 0.3) is 0 Å². The lowest BCUT2D eigenvalue weighted by Gasteiger charge is -2.21. The van der Waals surface area contributed by atoms with Crippen molar-refractivity contribution >= 4 is 17.3 Å². The van der Waals surface area contributed by atoms with E-state index in [1.54, 1.807) is 12.1 Å². The molecule has 0 spiro atoms. The first-order valence-corrected chi connectivity index (χ1v) is 7.05. The number of ether oxygens (including phenoxy) is 1. The second kappa shape index (κ2) is 5.71. The van der Waals surface area contributed by atoms with Crippen LogP contribution in [-0.2, 0) is 13.0 Å². The van der Waals surface area contributed by atoms with Crippen LogP contribution in [0.4, 0.5) is 10.1 Å². The van der Waals surface area contributed by atoms with Gasteiger partial charge in [-0.3, -0.25) is 0 Å². The fourth-order valence-electron chi connectivity index (χ4n) is 2.42. The molecule has 2 nitrogen and oxygen atoms in total. The minimum absolute atomic E-state index is 0.129. The molecular weight excluding hydrogens is 277 g/mol. The van der Waals surface area contributed by atoms with Crippen molar-refractivity contribution in [2.45, 2.75) is 19.4 Å². The van der Waals surface area contributed by atoms with E-state index in [9.17, 15) is 4.39 Å². The molecule has 20 heavy (non-hydrogen) atoms. The highest BCUT2D eigenvalue weighted by Gasteiger charge is 2.14. The summed E-state index contributed by atoms with van der Waals surface area (Å²) in [5, 5.41) is 3.74. The number of halogens is 2. The Bertz CT molecular complexity index is 610. The summed E-state index contributed by atoms with van der Waals surface area (Å²) in [7, 11) is 0. The third-order valence-corrected chi connectivity index (χ3v) is 3.82. The number of hydrogen-bond donors (Lipinski definition) is 1. The molecule has 1 N–H and O–H groups in total. The van der Waals surface area contributed by atoms with E-state index in [2.05, 4.69) is 11.4 Å². The second-order valence-corrected chi connectivity index (χ2v) is 5.22. The number of nitrogens with one attached hydrogen (secondary N) is 1. The van der Waals surface area contributed by atoms with E-state index in [4.69, 9.17) is 16.3 Å². The standard InChI is InChI=1S/C16H15ClFNO/c17-13-6-2-7-14(18)12(13)10-20-15-8-1-4-11-5-3-9-19-16(11)15/h1-2,4,6-8,19H,3,5,9-10H2. The molecule has 0 radical (unpaired) electrons. The average Bonchev–Trinajstić information content (AvgIpc) is 2.47. The highest BCUT2D eigenvalue weighted by Crippen LogP contribution is 2.33. The van der Waals surface area contributed by atoms with Gasteiger partial charge >= 0.3 is 0 Å². The van der Waals surface area contributed by atoms with E-state index in [-0.39, 0.29) is 12.4 Å². The largest absolute Gasteiger partial charge is 0.487 e. The summed E-state index contributed by atoms with van der Waals surface area (Å²) in [6.07, 6.45) is 2.16. The van der Waals surface area contributed by atoms with Crippen LogP contribution in [0.2, 0.25) is 5.02 Å². The van der Waals surface area contributed by atoms with Gasteiger partial charge in [0, 0.05) is 12.1 Å². The lowest BCUT2D eigenvalue weighted by molar-refractivity contribution is 0.301. The van der Waals surface area contributed by atoms with Gasteiger partial charge in [-0.2, -0.15) is 0 Å². The Morgan fingerprint density at radius 2 is 2.05 bits per heavy atom. The summed E-state index contributed by atoms with van der Waals surface area (Å²) < 4.78 is 19.5. The Hall–Kier alpha value is -1.74. The van der Waals surface area contributed by atoms with Gasteiger partial charge in [-0.05, 0) is 36.6 Å². The lowest BCUT2D eigenvalue weighted by atomic mass is 10.0. The minimum Gasteiger partial charge on any atom is -0.487 e. The first-order valence-electron chi connectivity index (χ1n) is 6.67. The van der Waals surface area contributed by atoms with Crippen LogP contribution < -0.4 is 10.1 Å². The maximum Gasteiger partial charge on any atom is 0.143 e. The van der Waals surface area contributed by atoms with Crippen LogP contribution in [0.3, 0.4) is 0 Å². The number of para-hydroxylation sites is 1. The molecule has 0 bridgehead atoms. The fraction of sp³-hybridized carbons (Fsp3) is 0.250. The predicted molar refractivity (Wildman–Crippen MR) is 79.0 cm³/mol. The Morgan fingerprint density at radius 3 is 2.90 bits per heavy atom. The van der Waals surface area contributed by atoms with Crippen molar-refractivity contribution < 1.29 is 9.13 Å². The van der Waals surface area contributed by atoms with Crippen molar-refractivity contribution in [2.75, 3.05) is 11.9 Å². The van der Waals surface area contributed by atoms with E-state index in [1.165, 1.54) is 11.6 Å². The predicted octanol–water partition coefficient (Wildman–Crippen LogP) is 4.42. The molecule has 1 heterocycles. The Labute approximate surface area is 122 Å². The zero-order valence-corrected chi connectivity index (χ0v) is 11.7. The van der Waals surface area contributed by atoms with Gasteiger partial charge in [-0.1, -0.05) is 29.8 Å². The summed E-state index contributed by atoms with van der Waals surface area (Å²) in [5.41, 5.74) is 2.65. The molecule has 0 aromatic heterocycles. The van der Waals surface area contributed by atoms with E-state index >= 15 is 0 Å². The van der Waals surface area contributed by atoms with E-state index in [0.29, 0.717) is 10.6 Å². The molecule has 1 aliphatic heterocycles. The van der Waals surface area contributed by atoms with E-state index < -0.39 is 0 Å². The molecule has 3 rings (SSSR count). The van der Waals surface area contributed by atoms with Gasteiger partial charge in [0.2, 0.25) is 0 Å². The highest BCUT2D eigenvalue weighted by atomic mass is 35.5. The molecule has 0 unspecified atom stereocenters. The number of rotatable bonds is 3. The van der Waals surface area contributed by atoms with Gasteiger partial charge < -0.3 is 10.1 Å². The van der Waals surface area contributed by atoms with Crippen LogP contribution in [0.15, 0.2) is 36.4 Å². The topological polar surface area (TPSA) is 21.3 Å². The van der Waals surface area contributed by atoms with Crippen molar-refractivity contribution in [3.63, 3.8) is 0 Å². The molecule has 0 amide bonds. The maximum atomic E-state index is 13.7. The second-order valence-electron chi connectivity index (χ2n) is 4.81. The number of aryl methyl sites for hydroxylation is 1. The minimum atomic E-state index is -0.338. The first-order chi connectivity index (χ1) is 9.75. The van der Waals surface area contributed by atoms with Crippen molar-refractivity contribution in [3.8, 4) is 5.75 Å². The van der Waals surface area contributed by atoms with Crippen molar-refractivity contribution in [1.82, 2.24) is 0 Å². The molecule has 0 saturated heterocycles. The Kier molecular flexibility index (Phi) is 3.79. The molecule has 0 atom stereocenters. The van der Waals surface area contributed by atoms with Crippen LogP contribution in [-0.4, -0.2) is 6.54 Å². The normalized spacial score (nSPS) is 13.5. The first kappa shape index (κ1) is 13.3. The molecule has 1 aliphatic rings. The third-order valence-electron chi connectivity index (χ3n) is 3.47. The Morgan fingerprint density at radius 1 is 1.20 bits per heavy atom. The molecule has 2 aromatic carbocycles. The summed E-state index contributed by atoms with van der Waals surface area (Å²) >= 11 is 6.00. The summed E-state index contributed by atoms with van der Waals surface area (Å²) in [6, 6.07) is 10.6. The number of hydrogen-bond acceptors (Lipinski definition) is 2. The van der Waals surface area contributed by atoms with Crippen molar-refractivity contribution in [1.29, 1.82) is 0 Å². The van der Waals surface area contributed by atoms with Gasteiger partial charge in [-0.15, -0.1) is 0 Å². The maximum absolute atomic E-state index is 13.7. The number of benzene rings is 2. The average molecular weight is 292 g/mol. The fourth-order valence-corrected chi connectivity index (χ4v) is 2.64.